The smallest absolute Gasteiger partial charge is 0.285 e. The monoisotopic (exact) mass is 454 g/mol. The number of amidine groups is 1. The van der Waals surface area contributed by atoms with Crippen LogP contribution in [0.15, 0.2) is 58.5 Å². The number of methoxy groups -OCH3 is 1. The Bertz CT molecular complexity index is 1110. The second-order valence-electron chi connectivity index (χ2n) is 8.13. The van der Waals surface area contributed by atoms with Crippen molar-refractivity contribution < 1.29 is 13.2 Å². The molecule has 2 aliphatic rings. The molecule has 0 spiro atoms. The quantitative estimate of drug-likeness (QED) is 0.721. The molecule has 8 heteroatoms. The topological polar surface area (TPSA) is 74.2 Å². The predicted octanol–water partition coefficient (Wildman–Crippen LogP) is 3.42. The van der Waals surface area contributed by atoms with E-state index < -0.39 is 10.0 Å². The molecule has 0 atom stereocenters. The van der Waals surface area contributed by atoms with Gasteiger partial charge in [0.15, 0.2) is 0 Å². The van der Waals surface area contributed by atoms with E-state index in [1.54, 1.807) is 38.3 Å². The van der Waals surface area contributed by atoms with Crippen LogP contribution in [-0.4, -0.2) is 63.9 Å². The fourth-order valence-electron chi connectivity index (χ4n) is 4.11. The van der Waals surface area contributed by atoms with E-state index >= 15 is 0 Å². The molecular weight excluding hydrogens is 424 g/mol. The standard InChI is InChI=1S/C24H30N4O3S/c1-4-27-13-15-28(16-14-27)17-19-5-9-21(10-6-19)25-24-18(2)23(32(29,30)26-24)20-7-11-22(31-3)12-8-20/h5-12H,4,13-17H2,1-3H3,(H,25,26). The number of likely N-dealkylation sites (N-methyl/N-ethyl adjacent to an activating group) is 1. The zero-order chi connectivity index (χ0) is 22.7. The molecule has 7 nitrogen and oxygen atoms in total. The minimum Gasteiger partial charge on any atom is -0.497 e. The summed E-state index contributed by atoms with van der Waals surface area (Å²) >= 11 is 0. The fourth-order valence-corrected chi connectivity index (χ4v) is 5.54. The molecule has 1 N–H and O–H groups in total. The highest BCUT2D eigenvalue weighted by molar-refractivity contribution is 8.00. The second-order valence-corrected chi connectivity index (χ2v) is 9.67. The summed E-state index contributed by atoms with van der Waals surface area (Å²) in [5.41, 5.74) is 3.26. The summed E-state index contributed by atoms with van der Waals surface area (Å²) in [5, 5.41) is 3.18. The molecule has 0 unspecified atom stereocenters. The summed E-state index contributed by atoms with van der Waals surface area (Å²) < 4.78 is 34.6. The number of sulfonamides is 1. The van der Waals surface area contributed by atoms with Crippen molar-refractivity contribution in [3.63, 3.8) is 0 Å². The van der Waals surface area contributed by atoms with Gasteiger partial charge in [-0.05, 0) is 61.0 Å². The zero-order valence-electron chi connectivity index (χ0n) is 18.8. The van der Waals surface area contributed by atoms with E-state index in [1.807, 2.05) is 12.1 Å². The van der Waals surface area contributed by atoms with Crippen LogP contribution in [0.2, 0.25) is 0 Å². The molecule has 0 bridgehead atoms. The van der Waals surface area contributed by atoms with Crippen molar-refractivity contribution in [2.75, 3.05) is 45.2 Å². The summed E-state index contributed by atoms with van der Waals surface area (Å²) in [4.78, 5) is 5.16. The first kappa shape index (κ1) is 22.5. The van der Waals surface area contributed by atoms with Gasteiger partial charge in [-0.25, -0.2) is 0 Å². The molecule has 1 fully saturated rings. The summed E-state index contributed by atoms with van der Waals surface area (Å²) in [6.07, 6.45) is 0. The largest absolute Gasteiger partial charge is 0.497 e. The molecule has 2 aromatic rings. The van der Waals surface area contributed by atoms with Gasteiger partial charge in [-0.15, -0.1) is 4.40 Å². The lowest BCUT2D eigenvalue weighted by Gasteiger charge is -2.34. The number of nitrogens with one attached hydrogen (secondary N) is 1. The first-order chi connectivity index (χ1) is 15.4. The van der Waals surface area contributed by atoms with Crippen molar-refractivity contribution in [1.82, 2.24) is 9.80 Å². The molecule has 2 heterocycles. The molecule has 0 amide bonds. The molecular formula is C24H30N4O3S. The van der Waals surface area contributed by atoms with Crippen molar-refractivity contribution in [3.8, 4) is 5.75 Å². The number of hydrogen-bond acceptors (Lipinski definition) is 6. The maximum absolute atomic E-state index is 12.7. The van der Waals surface area contributed by atoms with Crippen LogP contribution in [0.25, 0.3) is 4.91 Å². The van der Waals surface area contributed by atoms with Gasteiger partial charge in [0.2, 0.25) is 0 Å². The maximum Gasteiger partial charge on any atom is 0.285 e. The summed E-state index contributed by atoms with van der Waals surface area (Å²) in [5.74, 6) is 1.04. The molecule has 0 saturated carbocycles. The van der Waals surface area contributed by atoms with Gasteiger partial charge in [0, 0.05) is 44.0 Å². The molecule has 32 heavy (non-hydrogen) atoms. The lowest BCUT2D eigenvalue weighted by Crippen LogP contribution is -2.45. The van der Waals surface area contributed by atoms with E-state index in [1.165, 1.54) is 5.56 Å². The van der Waals surface area contributed by atoms with E-state index in [2.05, 4.69) is 38.6 Å². The number of ether oxygens (including phenoxy) is 1. The first-order valence-electron chi connectivity index (χ1n) is 10.9. The molecule has 4 rings (SSSR count). The number of nitrogens with zero attached hydrogens (tertiary/aromatic N) is 3. The minimum atomic E-state index is -3.76. The third-order valence-electron chi connectivity index (χ3n) is 6.05. The molecule has 0 aromatic heterocycles. The Morgan fingerprint density at radius 2 is 1.59 bits per heavy atom. The molecule has 0 aliphatic carbocycles. The first-order valence-corrected chi connectivity index (χ1v) is 12.3. The Morgan fingerprint density at radius 1 is 0.969 bits per heavy atom. The van der Waals surface area contributed by atoms with Crippen LogP contribution >= 0.6 is 0 Å². The van der Waals surface area contributed by atoms with Crippen molar-refractivity contribution in [1.29, 1.82) is 0 Å². The van der Waals surface area contributed by atoms with Gasteiger partial charge in [-0.3, -0.25) is 4.90 Å². The Balaban J connectivity index is 1.45. The molecule has 170 valence electrons. The number of benzene rings is 2. The highest BCUT2D eigenvalue weighted by Gasteiger charge is 2.31. The van der Waals surface area contributed by atoms with Crippen molar-refractivity contribution >= 4 is 26.5 Å². The second kappa shape index (κ2) is 9.44. The van der Waals surface area contributed by atoms with Gasteiger partial charge in [-0.1, -0.05) is 19.1 Å². The Morgan fingerprint density at radius 3 is 2.19 bits per heavy atom. The summed E-state index contributed by atoms with van der Waals surface area (Å²) in [7, 11) is -2.18. The molecule has 2 aliphatic heterocycles. The van der Waals surface area contributed by atoms with Crippen LogP contribution in [-0.2, 0) is 16.6 Å². The highest BCUT2D eigenvalue weighted by atomic mass is 32.2. The molecule has 0 radical (unpaired) electrons. The minimum absolute atomic E-state index is 0.227. The third kappa shape index (κ3) is 4.87. The maximum atomic E-state index is 12.7. The Labute approximate surface area is 190 Å². The third-order valence-corrected chi connectivity index (χ3v) is 7.53. The molecule has 2 aromatic carbocycles. The van der Waals surface area contributed by atoms with E-state index in [0.717, 1.165) is 45.0 Å². The SMILES string of the molecule is CCN1CCN(Cc2ccc(NC3=NS(=O)(=O)C(c4ccc(OC)cc4)=C3C)cc2)CC1. The van der Waals surface area contributed by atoms with Gasteiger partial charge in [-0.2, -0.15) is 8.42 Å². The van der Waals surface area contributed by atoms with E-state index in [9.17, 15) is 8.42 Å². The van der Waals surface area contributed by atoms with Crippen LogP contribution in [0, 0.1) is 0 Å². The lowest BCUT2D eigenvalue weighted by atomic mass is 10.1. The average Bonchev–Trinajstić information content (AvgIpc) is 3.03. The fraction of sp³-hybridized carbons (Fsp3) is 0.375. The highest BCUT2D eigenvalue weighted by Crippen LogP contribution is 2.33. The molecule has 1 saturated heterocycles. The van der Waals surface area contributed by atoms with Crippen molar-refractivity contribution in [3.05, 3.63) is 65.2 Å². The Hall–Kier alpha value is -2.68. The van der Waals surface area contributed by atoms with Gasteiger partial charge in [0.05, 0.1) is 7.11 Å². The number of anilines is 1. The normalized spacial score (nSPS) is 19.2. The van der Waals surface area contributed by atoms with Crippen LogP contribution in [0.4, 0.5) is 5.69 Å². The van der Waals surface area contributed by atoms with Crippen molar-refractivity contribution in [2.45, 2.75) is 20.4 Å². The van der Waals surface area contributed by atoms with Crippen molar-refractivity contribution in [2.24, 2.45) is 4.40 Å². The van der Waals surface area contributed by atoms with E-state index in [-0.39, 0.29) is 4.91 Å². The van der Waals surface area contributed by atoms with Gasteiger partial charge >= 0.3 is 0 Å². The number of hydrogen-bond donors (Lipinski definition) is 1. The lowest BCUT2D eigenvalue weighted by molar-refractivity contribution is 0.132. The van der Waals surface area contributed by atoms with Gasteiger partial charge in [0.1, 0.15) is 16.5 Å². The van der Waals surface area contributed by atoms with Gasteiger partial charge < -0.3 is 15.0 Å². The van der Waals surface area contributed by atoms with Crippen LogP contribution in [0.5, 0.6) is 5.75 Å². The Kier molecular flexibility index (Phi) is 6.64. The average molecular weight is 455 g/mol. The van der Waals surface area contributed by atoms with E-state index in [4.69, 9.17) is 4.74 Å². The van der Waals surface area contributed by atoms with E-state index in [0.29, 0.717) is 22.7 Å². The van der Waals surface area contributed by atoms with Crippen LogP contribution in [0.3, 0.4) is 0 Å². The van der Waals surface area contributed by atoms with Gasteiger partial charge in [0.25, 0.3) is 10.0 Å². The van der Waals surface area contributed by atoms with Crippen LogP contribution < -0.4 is 10.1 Å². The predicted molar refractivity (Wildman–Crippen MR) is 129 cm³/mol. The van der Waals surface area contributed by atoms with Crippen LogP contribution in [0.1, 0.15) is 25.0 Å². The number of rotatable bonds is 6. The zero-order valence-corrected chi connectivity index (χ0v) is 19.7. The summed E-state index contributed by atoms with van der Waals surface area (Å²) in [6, 6.07) is 15.1. The summed E-state index contributed by atoms with van der Waals surface area (Å²) in [6.45, 7) is 10.4. The number of piperazine rings is 1.